The van der Waals surface area contributed by atoms with E-state index in [-0.39, 0.29) is 0 Å². The van der Waals surface area contributed by atoms with Gasteiger partial charge in [-0.05, 0) is 53.1 Å². The molecule has 0 saturated heterocycles. The van der Waals surface area contributed by atoms with Crippen LogP contribution in [0.4, 0.5) is 0 Å². The highest BCUT2D eigenvalue weighted by atomic mass is 127. The summed E-state index contributed by atoms with van der Waals surface area (Å²) in [5.74, 6) is 0. The van der Waals surface area contributed by atoms with E-state index >= 15 is 0 Å². The van der Waals surface area contributed by atoms with E-state index in [1.165, 1.54) is 24.8 Å². The highest BCUT2D eigenvalue weighted by Gasteiger charge is 2.15. The highest BCUT2D eigenvalue weighted by Crippen LogP contribution is 2.18. The van der Waals surface area contributed by atoms with Gasteiger partial charge in [0.1, 0.15) is 0 Å². The van der Waals surface area contributed by atoms with Gasteiger partial charge in [-0.15, -0.1) is 0 Å². The Morgan fingerprint density at radius 2 is 2.06 bits per heavy atom. The molecule has 3 nitrogen and oxygen atoms in total. The Bertz CT molecular complexity index is 514. The molecular formula is C14H16IN3. The van der Waals surface area contributed by atoms with Gasteiger partial charge in [-0.2, -0.15) is 5.10 Å². The van der Waals surface area contributed by atoms with E-state index in [0.29, 0.717) is 0 Å². The number of nitrogens with zero attached hydrogens (tertiary/aromatic N) is 2. The maximum Gasteiger partial charge on any atom is 0.0646 e. The summed E-state index contributed by atoms with van der Waals surface area (Å²) in [6.07, 6.45) is 7.96. The van der Waals surface area contributed by atoms with Gasteiger partial charge in [-0.3, -0.25) is 0 Å². The van der Waals surface area contributed by atoms with Crippen LogP contribution in [0.5, 0.6) is 0 Å². The molecule has 3 rings (SSSR count). The molecule has 0 spiro atoms. The molecule has 2 aromatic rings. The smallest absolute Gasteiger partial charge is 0.0646 e. The molecule has 4 heteroatoms. The van der Waals surface area contributed by atoms with Gasteiger partial charge in [-0.1, -0.05) is 18.6 Å². The van der Waals surface area contributed by atoms with Gasteiger partial charge in [0.25, 0.3) is 0 Å². The maximum atomic E-state index is 4.31. The van der Waals surface area contributed by atoms with Gasteiger partial charge in [-0.25, -0.2) is 4.68 Å². The molecule has 1 aromatic heterocycles. The standard InChI is InChI=1S/C14H16IN3/c15-12-9-17-18(10-12)14-6-4-11(5-7-14)8-16-13-2-1-3-13/h4-7,9-10,13,16H,1-3,8H2. The summed E-state index contributed by atoms with van der Waals surface area (Å²) in [5.41, 5.74) is 2.46. The fraction of sp³-hybridized carbons (Fsp3) is 0.357. The first kappa shape index (κ1) is 12.2. The summed E-state index contributed by atoms with van der Waals surface area (Å²) in [6.45, 7) is 0.974. The molecule has 94 valence electrons. The number of aromatic nitrogens is 2. The van der Waals surface area contributed by atoms with Gasteiger partial charge >= 0.3 is 0 Å². The Morgan fingerprint density at radius 1 is 1.28 bits per heavy atom. The van der Waals surface area contributed by atoms with Crippen LogP contribution >= 0.6 is 22.6 Å². The number of hydrogen-bond acceptors (Lipinski definition) is 2. The van der Waals surface area contributed by atoms with Crippen molar-refractivity contribution >= 4 is 22.6 Å². The van der Waals surface area contributed by atoms with Gasteiger partial charge in [0, 0.05) is 18.8 Å². The van der Waals surface area contributed by atoms with Crippen LogP contribution < -0.4 is 5.32 Å². The minimum absolute atomic E-state index is 0.748. The average molecular weight is 353 g/mol. The first-order chi connectivity index (χ1) is 8.81. The lowest BCUT2D eigenvalue weighted by atomic mass is 9.93. The molecule has 0 atom stereocenters. The number of halogens is 1. The van der Waals surface area contributed by atoms with Crippen molar-refractivity contribution in [2.24, 2.45) is 0 Å². The third-order valence-corrected chi connectivity index (χ3v) is 4.01. The van der Waals surface area contributed by atoms with Crippen molar-refractivity contribution in [3.05, 3.63) is 45.8 Å². The Hall–Kier alpha value is -0.880. The summed E-state index contributed by atoms with van der Waals surface area (Å²) in [4.78, 5) is 0. The predicted molar refractivity (Wildman–Crippen MR) is 80.8 cm³/mol. The van der Waals surface area contributed by atoms with Crippen LogP contribution in [0, 0.1) is 3.57 Å². The molecule has 1 heterocycles. The molecule has 1 fully saturated rings. The van der Waals surface area contributed by atoms with Crippen molar-refractivity contribution in [3.8, 4) is 5.69 Å². The second kappa shape index (κ2) is 5.40. The average Bonchev–Trinajstić information content (AvgIpc) is 2.75. The number of benzene rings is 1. The van der Waals surface area contributed by atoms with Crippen LogP contribution in [0.3, 0.4) is 0 Å². The van der Waals surface area contributed by atoms with Crippen LogP contribution in [-0.2, 0) is 6.54 Å². The van der Waals surface area contributed by atoms with Gasteiger partial charge in [0.15, 0.2) is 0 Å². The minimum Gasteiger partial charge on any atom is -0.310 e. The van der Waals surface area contributed by atoms with Crippen molar-refractivity contribution < 1.29 is 0 Å². The van der Waals surface area contributed by atoms with Crippen molar-refractivity contribution in [1.82, 2.24) is 15.1 Å². The molecular weight excluding hydrogens is 337 g/mol. The third-order valence-electron chi connectivity index (χ3n) is 3.45. The first-order valence-electron chi connectivity index (χ1n) is 6.34. The van der Waals surface area contributed by atoms with Gasteiger partial charge in [0.05, 0.1) is 15.5 Å². The first-order valence-corrected chi connectivity index (χ1v) is 7.42. The van der Waals surface area contributed by atoms with Crippen LogP contribution in [0.2, 0.25) is 0 Å². The topological polar surface area (TPSA) is 29.9 Å². The zero-order chi connectivity index (χ0) is 12.4. The molecule has 0 amide bonds. The molecule has 1 aromatic carbocycles. The Balaban J connectivity index is 1.64. The van der Waals surface area contributed by atoms with E-state index in [4.69, 9.17) is 0 Å². The third kappa shape index (κ3) is 2.75. The molecule has 0 bridgehead atoms. The van der Waals surface area contributed by atoms with Crippen LogP contribution in [0.25, 0.3) is 5.69 Å². The quantitative estimate of drug-likeness (QED) is 0.856. The summed E-state index contributed by atoms with van der Waals surface area (Å²) in [6, 6.07) is 9.35. The van der Waals surface area contributed by atoms with Crippen molar-refractivity contribution in [3.63, 3.8) is 0 Å². The summed E-state index contributed by atoms with van der Waals surface area (Å²) in [5, 5.41) is 7.88. The SMILES string of the molecule is Ic1cnn(-c2ccc(CNC3CCC3)cc2)c1. The number of hydrogen-bond donors (Lipinski definition) is 1. The molecule has 0 radical (unpaired) electrons. The normalized spacial score (nSPS) is 15.6. The van der Waals surface area contributed by atoms with Crippen molar-refractivity contribution in [2.75, 3.05) is 0 Å². The minimum atomic E-state index is 0.748. The zero-order valence-electron chi connectivity index (χ0n) is 10.1. The largest absolute Gasteiger partial charge is 0.310 e. The van der Waals surface area contributed by atoms with E-state index in [1.54, 1.807) is 0 Å². The van der Waals surface area contributed by atoms with E-state index in [0.717, 1.165) is 21.8 Å². The molecule has 1 saturated carbocycles. The van der Waals surface area contributed by atoms with Gasteiger partial charge in [0.2, 0.25) is 0 Å². The summed E-state index contributed by atoms with van der Waals surface area (Å²) < 4.78 is 3.06. The van der Waals surface area contributed by atoms with Crippen LogP contribution in [0.1, 0.15) is 24.8 Å². The highest BCUT2D eigenvalue weighted by molar-refractivity contribution is 14.1. The van der Waals surface area contributed by atoms with Gasteiger partial charge < -0.3 is 5.32 Å². The molecule has 18 heavy (non-hydrogen) atoms. The lowest BCUT2D eigenvalue weighted by molar-refractivity contribution is 0.338. The molecule has 1 aliphatic rings. The predicted octanol–water partition coefficient (Wildman–Crippen LogP) is 3.12. The second-order valence-corrected chi connectivity index (χ2v) is 6.02. The van der Waals surface area contributed by atoms with Crippen LogP contribution in [-0.4, -0.2) is 15.8 Å². The number of nitrogens with one attached hydrogen (secondary N) is 1. The van der Waals surface area contributed by atoms with E-state index in [9.17, 15) is 0 Å². The van der Waals surface area contributed by atoms with Crippen molar-refractivity contribution in [2.45, 2.75) is 31.8 Å². The van der Waals surface area contributed by atoms with Crippen molar-refractivity contribution in [1.29, 1.82) is 0 Å². The molecule has 1 aliphatic carbocycles. The van der Waals surface area contributed by atoms with E-state index in [2.05, 4.69) is 57.3 Å². The lowest BCUT2D eigenvalue weighted by Gasteiger charge is -2.26. The fourth-order valence-electron chi connectivity index (χ4n) is 2.08. The second-order valence-electron chi connectivity index (χ2n) is 4.78. The van der Waals surface area contributed by atoms with E-state index < -0.39 is 0 Å². The molecule has 1 N–H and O–H groups in total. The van der Waals surface area contributed by atoms with Crippen LogP contribution in [0.15, 0.2) is 36.7 Å². The maximum absolute atomic E-state index is 4.31. The fourth-order valence-corrected chi connectivity index (χ4v) is 2.47. The molecule has 0 aliphatic heterocycles. The Morgan fingerprint density at radius 3 is 2.61 bits per heavy atom. The summed E-state index contributed by atoms with van der Waals surface area (Å²) in [7, 11) is 0. The van der Waals surface area contributed by atoms with E-state index in [1.807, 2.05) is 17.1 Å². The summed E-state index contributed by atoms with van der Waals surface area (Å²) >= 11 is 2.27. The Kier molecular flexibility index (Phi) is 3.65. The Labute approximate surface area is 121 Å². The monoisotopic (exact) mass is 353 g/mol. The number of rotatable bonds is 4. The molecule has 0 unspecified atom stereocenters. The zero-order valence-corrected chi connectivity index (χ0v) is 12.3. The lowest BCUT2D eigenvalue weighted by Crippen LogP contribution is -2.34.